The van der Waals surface area contributed by atoms with Gasteiger partial charge in [0.05, 0.1) is 17.5 Å². The minimum absolute atomic E-state index is 0.0266. The van der Waals surface area contributed by atoms with Gasteiger partial charge in [0.2, 0.25) is 10.0 Å². The van der Waals surface area contributed by atoms with E-state index in [4.69, 9.17) is 0 Å². The summed E-state index contributed by atoms with van der Waals surface area (Å²) < 4.78 is 25.2. The molecular weight excluding hydrogens is 410 g/mol. The molecule has 1 N–H and O–H groups in total. The van der Waals surface area contributed by atoms with Crippen LogP contribution < -0.4 is 14.5 Å². The van der Waals surface area contributed by atoms with Gasteiger partial charge in [-0.3, -0.25) is 9.10 Å². The van der Waals surface area contributed by atoms with Crippen LogP contribution in [0.3, 0.4) is 0 Å². The Hall–Kier alpha value is -2.54. The first kappa shape index (κ1) is 23.1. The molecular formula is C24H33N3O3S. The Bertz CT molecular complexity index is 988. The molecule has 1 heterocycles. The van der Waals surface area contributed by atoms with Gasteiger partial charge in [-0.25, -0.2) is 8.42 Å². The smallest absolute Gasteiger partial charge is 0.251 e. The normalized spacial score (nSPS) is 17.8. The molecule has 1 aliphatic rings. The molecule has 2 aromatic carbocycles. The molecule has 6 nitrogen and oxygen atoms in total. The van der Waals surface area contributed by atoms with E-state index in [-0.39, 0.29) is 17.7 Å². The average Bonchev–Trinajstić information content (AvgIpc) is 2.78. The number of sulfonamides is 1. The van der Waals surface area contributed by atoms with Crippen LogP contribution in [0.5, 0.6) is 0 Å². The highest BCUT2D eigenvalue weighted by Crippen LogP contribution is 2.25. The highest BCUT2D eigenvalue weighted by Gasteiger charge is 2.18. The molecule has 1 fully saturated rings. The van der Waals surface area contributed by atoms with Gasteiger partial charge in [0, 0.05) is 31.4 Å². The van der Waals surface area contributed by atoms with Gasteiger partial charge < -0.3 is 10.2 Å². The Morgan fingerprint density at radius 2 is 1.81 bits per heavy atom. The van der Waals surface area contributed by atoms with E-state index in [0.717, 1.165) is 24.6 Å². The van der Waals surface area contributed by atoms with Gasteiger partial charge in [0.15, 0.2) is 0 Å². The van der Waals surface area contributed by atoms with Gasteiger partial charge in [-0.15, -0.1) is 0 Å². The Kier molecular flexibility index (Phi) is 7.26. The van der Waals surface area contributed by atoms with Crippen LogP contribution in [0, 0.1) is 5.92 Å². The molecule has 0 saturated carbocycles. The minimum Gasteiger partial charge on any atom is -0.371 e. The number of carbonyl (C=O) groups excluding carboxylic acids is 1. The molecule has 2 atom stereocenters. The summed E-state index contributed by atoms with van der Waals surface area (Å²) in [5.74, 6) is 0.563. The fourth-order valence-electron chi connectivity index (χ4n) is 3.94. The van der Waals surface area contributed by atoms with Gasteiger partial charge >= 0.3 is 0 Å². The van der Waals surface area contributed by atoms with Gasteiger partial charge in [0.25, 0.3) is 5.91 Å². The number of amides is 1. The summed E-state index contributed by atoms with van der Waals surface area (Å²) in [6, 6.07) is 14.9. The van der Waals surface area contributed by atoms with Crippen LogP contribution in [-0.4, -0.2) is 40.2 Å². The predicted octanol–water partition coefficient (Wildman–Crippen LogP) is 4.20. The van der Waals surface area contributed by atoms with E-state index in [0.29, 0.717) is 11.3 Å². The maximum Gasteiger partial charge on any atom is 0.251 e. The van der Waals surface area contributed by atoms with Crippen molar-refractivity contribution in [1.29, 1.82) is 0 Å². The van der Waals surface area contributed by atoms with Crippen molar-refractivity contribution in [3.05, 3.63) is 59.7 Å². The molecule has 31 heavy (non-hydrogen) atoms. The van der Waals surface area contributed by atoms with Gasteiger partial charge in [0.1, 0.15) is 0 Å². The van der Waals surface area contributed by atoms with Crippen molar-refractivity contribution < 1.29 is 13.2 Å². The molecule has 0 aromatic heterocycles. The molecule has 1 amide bonds. The lowest BCUT2D eigenvalue weighted by Gasteiger charge is -2.33. The van der Waals surface area contributed by atoms with E-state index in [2.05, 4.69) is 41.4 Å². The largest absolute Gasteiger partial charge is 0.371 e. The summed E-state index contributed by atoms with van der Waals surface area (Å²) in [5.41, 5.74) is 3.31. The van der Waals surface area contributed by atoms with Crippen molar-refractivity contribution in [2.24, 2.45) is 5.92 Å². The quantitative estimate of drug-likeness (QED) is 0.696. The number of hydrogen-bond donors (Lipinski definition) is 1. The number of nitrogens with zero attached hydrogens (tertiary/aromatic N) is 2. The zero-order chi connectivity index (χ0) is 22.6. The third-order valence-corrected chi connectivity index (χ3v) is 7.81. The summed E-state index contributed by atoms with van der Waals surface area (Å²) in [6.07, 6.45) is 2.53. The van der Waals surface area contributed by atoms with Crippen LogP contribution in [0.15, 0.2) is 48.5 Å². The number of anilines is 2. The topological polar surface area (TPSA) is 69.7 Å². The lowest BCUT2D eigenvalue weighted by Crippen LogP contribution is -2.34. The summed E-state index contributed by atoms with van der Waals surface area (Å²) in [4.78, 5) is 15.1. The highest BCUT2D eigenvalue weighted by atomic mass is 32.2. The molecule has 168 valence electrons. The van der Waals surface area contributed by atoms with Crippen LogP contribution in [0.2, 0.25) is 0 Å². The maximum absolute atomic E-state index is 12.7. The van der Waals surface area contributed by atoms with Crippen molar-refractivity contribution in [2.45, 2.75) is 39.7 Å². The second kappa shape index (κ2) is 9.73. The van der Waals surface area contributed by atoms with E-state index in [9.17, 15) is 13.2 Å². The van der Waals surface area contributed by atoms with Crippen molar-refractivity contribution in [3.8, 4) is 0 Å². The molecule has 3 rings (SSSR count). The third kappa shape index (κ3) is 5.58. The summed E-state index contributed by atoms with van der Waals surface area (Å²) in [5, 5.41) is 3.02. The fourth-order valence-corrected chi connectivity index (χ4v) is 4.77. The molecule has 1 saturated heterocycles. The molecule has 2 aromatic rings. The monoisotopic (exact) mass is 443 g/mol. The van der Waals surface area contributed by atoms with Crippen LogP contribution in [0.4, 0.5) is 11.4 Å². The van der Waals surface area contributed by atoms with E-state index in [1.807, 2.05) is 6.92 Å². The predicted molar refractivity (Wildman–Crippen MR) is 127 cm³/mol. The van der Waals surface area contributed by atoms with E-state index >= 15 is 0 Å². The minimum atomic E-state index is -3.33. The first-order valence-electron chi connectivity index (χ1n) is 10.9. The molecule has 0 spiro atoms. The third-order valence-electron chi connectivity index (χ3n) is 6.04. The Morgan fingerprint density at radius 3 is 2.39 bits per heavy atom. The van der Waals surface area contributed by atoms with Crippen molar-refractivity contribution >= 4 is 27.3 Å². The lowest BCUT2D eigenvalue weighted by molar-refractivity contribution is 0.0940. The first-order chi connectivity index (χ1) is 14.7. The number of piperidine rings is 1. The number of benzene rings is 2. The summed E-state index contributed by atoms with van der Waals surface area (Å²) in [7, 11) is -1.81. The van der Waals surface area contributed by atoms with E-state index in [1.165, 1.54) is 29.9 Å². The number of nitrogens with one attached hydrogen (secondary N) is 1. The van der Waals surface area contributed by atoms with Crippen molar-refractivity contribution in [3.63, 3.8) is 0 Å². The van der Waals surface area contributed by atoms with Crippen LogP contribution in [-0.2, 0) is 10.0 Å². The molecule has 7 heteroatoms. The van der Waals surface area contributed by atoms with Crippen LogP contribution in [0.25, 0.3) is 0 Å². The van der Waals surface area contributed by atoms with Gasteiger partial charge in [-0.2, -0.15) is 0 Å². The fraction of sp³-hybridized carbons (Fsp3) is 0.458. The first-order valence-corrected chi connectivity index (χ1v) is 12.5. The maximum atomic E-state index is 12.7. The second-order valence-corrected chi connectivity index (χ2v) is 10.7. The zero-order valence-electron chi connectivity index (χ0n) is 18.8. The zero-order valence-corrected chi connectivity index (χ0v) is 19.7. The molecule has 0 aliphatic carbocycles. The molecule has 0 bridgehead atoms. The summed E-state index contributed by atoms with van der Waals surface area (Å²) >= 11 is 0. The van der Waals surface area contributed by atoms with Crippen molar-refractivity contribution in [1.82, 2.24) is 5.32 Å². The number of hydrogen-bond acceptors (Lipinski definition) is 4. The lowest BCUT2D eigenvalue weighted by atomic mass is 9.99. The summed E-state index contributed by atoms with van der Waals surface area (Å²) in [6.45, 7) is 8.06. The standard InChI is InChI=1S/C24H33N3O3S/c1-5-31(29,30)26(4)22-12-10-21(11-13-22)24(28)25-19(3)20-8-14-23(15-9-20)27-16-6-7-18(2)17-27/h8-15,18-19H,5-7,16-17H2,1-4H3,(H,25,28)/t18-,19+/m0/s1. The Balaban J connectivity index is 1.62. The van der Waals surface area contributed by atoms with Gasteiger partial charge in [-0.05, 0) is 74.6 Å². The Morgan fingerprint density at radius 1 is 1.16 bits per heavy atom. The molecule has 0 radical (unpaired) electrons. The van der Waals surface area contributed by atoms with E-state index in [1.54, 1.807) is 31.2 Å². The highest BCUT2D eigenvalue weighted by molar-refractivity contribution is 7.92. The van der Waals surface area contributed by atoms with Crippen LogP contribution in [0.1, 0.15) is 55.6 Å². The van der Waals surface area contributed by atoms with Crippen LogP contribution >= 0.6 is 0 Å². The molecule has 1 aliphatic heterocycles. The molecule has 0 unspecified atom stereocenters. The van der Waals surface area contributed by atoms with E-state index < -0.39 is 10.0 Å². The number of rotatable bonds is 7. The number of carbonyl (C=O) groups is 1. The van der Waals surface area contributed by atoms with Gasteiger partial charge in [-0.1, -0.05) is 19.1 Å². The SMILES string of the molecule is CCS(=O)(=O)N(C)c1ccc(C(=O)N[C@H](C)c2ccc(N3CCC[C@H](C)C3)cc2)cc1. The Labute approximate surface area is 186 Å². The van der Waals surface area contributed by atoms with Crippen molar-refractivity contribution in [2.75, 3.05) is 35.1 Å². The average molecular weight is 444 g/mol. The second-order valence-electron chi connectivity index (χ2n) is 8.40.